The molecular formula is C25H26F3N5O4. The molecule has 3 heterocycles. The number of benzene rings is 1. The van der Waals surface area contributed by atoms with Crippen LogP contribution in [0.3, 0.4) is 0 Å². The van der Waals surface area contributed by atoms with Gasteiger partial charge in [0.2, 0.25) is 11.8 Å². The molecule has 1 unspecified atom stereocenters. The standard InChI is InChI=1S/C25H26F3N5O4/c1-37-15-4-2-14(3-5-15)24(8-10-25(27,28)11-9-24)23(36)33-13-16(26)21(34)20(33)22(35)31-19-7-6-17-18(30-19)12-29-32-17/h2-7,12,16,20-21,34H,8-11,13H2,1H3,(H,29,32)(H,30,31,35)/t16-,20?,21+/m0/s1. The van der Waals surface area contributed by atoms with Crippen LogP contribution in [0.25, 0.3) is 11.0 Å². The van der Waals surface area contributed by atoms with Crippen molar-refractivity contribution in [2.45, 2.75) is 55.3 Å². The number of aromatic amines is 1. The molecule has 2 amide bonds. The molecule has 1 aromatic carbocycles. The molecule has 3 N–H and O–H groups in total. The molecule has 0 spiro atoms. The Bertz CT molecular complexity index is 1310. The number of rotatable bonds is 5. The third-order valence-corrected chi connectivity index (χ3v) is 7.37. The quantitative estimate of drug-likeness (QED) is 0.479. The Hall–Kier alpha value is -3.67. The van der Waals surface area contributed by atoms with E-state index in [4.69, 9.17) is 4.74 Å². The van der Waals surface area contributed by atoms with Gasteiger partial charge in [-0.25, -0.2) is 18.2 Å². The van der Waals surface area contributed by atoms with Crippen molar-refractivity contribution in [2.75, 3.05) is 19.0 Å². The van der Waals surface area contributed by atoms with Crippen LogP contribution >= 0.6 is 0 Å². The molecule has 2 fully saturated rings. The van der Waals surface area contributed by atoms with Crippen molar-refractivity contribution in [3.8, 4) is 5.75 Å². The zero-order chi connectivity index (χ0) is 26.4. The van der Waals surface area contributed by atoms with E-state index in [2.05, 4.69) is 20.5 Å². The van der Waals surface area contributed by atoms with Gasteiger partial charge in [0.15, 0.2) is 0 Å². The number of hydrogen-bond donors (Lipinski definition) is 3. The van der Waals surface area contributed by atoms with Crippen LogP contribution in [0.5, 0.6) is 5.75 Å². The Morgan fingerprint density at radius 2 is 1.84 bits per heavy atom. The monoisotopic (exact) mass is 517 g/mol. The SMILES string of the molecule is COc1ccc(C2(C(=O)N3C[C@H](F)[C@@H](O)C3C(=O)Nc3ccc4[nH]ncc4n3)CCC(F)(F)CC2)cc1. The summed E-state index contributed by atoms with van der Waals surface area (Å²) in [6, 6.07) is 8.06. The summed E-state index contributed by atoms with van der Waals surface area (Å²) < 4.78 is 48.3. The summed E-state index contributed by atoms with van der Waals surface area (Å²) in [7, 11) is 1.48. The predicted molar refractivity (Wildman–Crippen MR) is 127 cm³/mol. The Morgan fingerprint density at radius 3 is 2.51 bits per heavy atom. The molecule has 9 nitrogen and oxygen atoms in total. The zero-order valence-corrected chi connectivity index (χ0v) is 20.0. The second-order valence-corrected chi connectivity index (χ2v) is 9.56. The van der Waals surface area contributed by atoms with Gasteiger partial charge in [-0.05, 0) is 42.7 Å². The summed E-state index contributed by atoms with van der Waals surface area (Å²) in [4.78, 5) is 32.5. The van der Waals surface area contributed by atoms with Crippen LogP contribution in [0.1, 0.15) is 31.2 Å². The smallest absolute Gasteiger partial charge is 0.251 e. The molecule has 37 heavy (non-hydrogen) atoms. The molecule has 1 saturated carbocycles. The van der Waals surface area contributed by atoms with Crippen molar-refractivity contribution < 1.29 is 32.6 Å². The van der Waals surface area contributed by atoms with E-state index in [1.165, 1.54) is 19.4 Å². The van der Waals surface area contributed by atoms with Crippen molar-refractivity contribution >= 4 is 28.7 Å². The number of aliphatic hydroxyl groups is 1. The molecule has 196 valence electrons. The normalized spacial score (nSPS) is 24.7. The Balaban J connectivity index is 1.46. The number of likely N-dealkylation sites (tertiary alicyclic amines) is 1. The molecule has 5 rings (SSSR count). The number of anilines is 1. The van der Waals surface area contributed by atoms with Gasteiger partial charge in [-0.2, -0.15) is 5.10 Å². The van der Waals surface area contributed by atoms with Crippen molar-refractivity contribution in [3.63, 3.8) is 0 Å². The lowest BCUT2D eigenvalue weighted by molar-refractivity contribution is -0.147. The Morgan fingerprint density at radius 1 is 1.14 bits per heavy atom. The van der Waals surface area contributed by atoms with E-state index in [0.29, 0.717) is 22.3 Å². The van der Waals surface area contributed by atoms with Crippen molar-refractivity contribution in [1.82, 2.24) is 20.1 Å². The fourth-order valence-corrected chi connectivity index (χ4v) is 5.25. The second kappa shape index (κ2) is 9.33. The van der Waals surface area contributed by atoms with Gasteiger partial charge >= 0.3 is 0 Å². The number of carbonyl (C=O) groups is 2. The molecule has 0 radical (unpaired) electrons. The maximum Gasteiger partial charge on any atom is 0.251 e. The fraction of sp³-hybridized carbons (Fsp3) is 0.440. The lowest BCUT2D eigenvalue weighted by atomic mass is 9.67. The molecule has 1 aliphatic heterocycles. The molecule has 1 aliphatic carbocycles. The number of methoxy groups -OCH3 is 1. The minimum Gasteiger partial charge on any atom is -0.497 e. The zero-order valence-electron chi connectivity index (χ0n) is 20.0. The number of alkyl halides is 3. The van der Waals surface area contributed by atoms with E-state index in [1.54, 1.807) is 30.3 Å². The van der Waals surface area contributed by atoms with Gasteiger partial charge in [-0.3, -0.25) is 14.7 Å². The van der Waals surface area contributed by atoms with Gasteiger partial charge in [0.05, 0.1) is 30.8 Å². The van der Waals surface area contributed by atoms with Crippen LogP contribution < -0.4 is 10.1 Å². The molecule has 3 atom stereocenters. The number of ether oxygens (including phenoxy) is 1. The lowest BCUT2D eigenvalue weighted by Gasteiger charge is -2.42. The van der Waals surface area contributed by atoms with Gasteiger partial charge in [0.25, 0.3) is 5.91 Å². The van der Waals surface area contributed by atoms with Gasteiger partial charge in [-0.15, -0.1) is 0 Å². The Labute approximate surface area is 210 Å². The van der Waals surface area contributed by atoms with Crippen molar-refractivity contribution in [2.24, 2.45) is 0 Å². The minimum atomic E-state index is -2.93. The van der Waals surface area contributed by atoms with Gasteiger partial charge in [-0.1, -0.05) is 12.1 Å². The minimum absolute atomic E-state index is 0.128. The largest absolute Gasteiger partial charge is 0.497 e. The molecule has 1 saturated heterocycles. The first-order valence-corrected chi connectivity index (χ1v) is 11.9. The van der Waals surface area contributed by atoms with Crippen LogP contribution in [0.4, 0.5) is 19.0 Å². The highest BCUT2D eigenvalue weighted by molar-refractivity contribution is 6.00. The summed E-state index contributed by atoms with van der Waals surface area (Å²) in [6.45, 7) is -0.541. The summed E-state index contributed by atoms with van der Waals surface area (Å²) >= 11 is 0. The molecule has 2 aliphatic rings. The maximum atomic E-state index is 14.8. The maximum absolute atomic E-state index is 14.8. The highest BCUT2D eigenvalue weighted by Crippen LogP contribution is 2.47. The predicted octanol–water partition coefficient (Wildman–Crippen LogP) is 2.96. The van der Waals surface area contributed by atoms with Crippen molar-refractivity contribution in [1.29, 1.82) is 0 Å². The molecular weight excluding hydrogens is 491 g/mol. The van der Waals surface area contributed by atoms with Crippen molar-refractivity contribution in [3.05, 3.63) is 48.2 Å². The number of aromatic nitrogens is 3. The van der Waals surface area contributed by atoms with Gasteiger partial charge in [0, 0.05) is 12.8 Å². The van der Waals surface area contributed by atoms with Gasteiger partial charge in [0.1, 0.15) is 35.4 Å². The number of fused-ring (bicyclic) bond motifs is 1. The third-order valence-electron chi connectivity index (χ3n) is 7.37. The highest BCUT2D eigenvalue weighted by Gasteiger charge is 2.55. The summed E-state index contributed by atoms with van der Waals surface area (Å²) in [5, 5.41) is 19.7. The first-order chi connectivity index (χ1) is 17.6. The molecule has 3 aromatic rings. The number of nitrogens with zero attached hydrogens (tertiary/aromatic N) is 3. The Kier molecular flexibility index (Phi) is 6.30. The first-order valence-electron chi connectivity index (χ1n) is 11.9. The lowest BCUT2D eigenvalue weighted by Crippen LogP contribution is -2.55. The van der Waals surface area contributed by atoms with Gasteiger partial charge < -0.3 is 20.1 Å². The third kappa shape index (κ3) is 4.50. The number of amides is 2. The number of hydrogen-bond acceptors (Lipinski definition) is 6. The number of aliphatic hydroxyl groups excluding tert-OH is 1. The number of halogens is 3. The number of carbonyl (C=O) groups excluding carboxylic acids is 2. The van der Waals surface area contributed by atoms with E-state index in [1.807, 2.05) is 0 Å². The summed E-state index contributed by atoms with van der Waals surface area (Å²) in [5.41, 5.74) is 0.166. The molecule has 12 heteroatoms. The van der Waals surface area contributed by atoms with E-state index in [-0.39, 0.29) is 18.7 Å². The number of pyridine rings is 1. The highest BCUT2D eigenvalue weighted by atomic mass is 19.3. The fourth-order valence-electron chi connectivity index (χ4n) is 5.25. The van der Waals surface area contributed by atoms with Crippen LogP contribution in [0, 0.1) is 0 Å². The van der Waals surface area contributed by atoms with E-state index >= 15 is 0 Å². The van der Waals surface area contributed by atoms with E-state index in [0.717, 1.165) is 4.90 Å². The van der Waals surface area contributed by atoms with Crippen LogP contribution in [0.2, 0.25) is 0 Å². The van der Waals surface area contributed by atoms with Crippen LogP contribution in [0.15, 0.2) is 42.6 Å². The molecule has 0 bridgehead atoms. The van der Waals surface area contributed by atoms with Crippen LogP contribution in [-0.4, -0.2) is 74.9 Å². The number of H-pyrrole nitrogens is 1. The first kappa shape index (κ1) is 25.0. The second-order valence-electron chi connectivity index (χ2n) is 9.56. The average Bonchev–Trinajstić information content (AvgIpc) is 3.47. The van der Waals surface area contributed by atoms with E-state index in [9.17, 15) is 27.9 Å². The molecule has 2 aromatic heterocycles. The van der Waals surface area contributed by atoms with E-state index < -0.39 is 60.9 Å². The number of nitrogens with one attached hydrogen (secondary N) is 2. The average molecular weight is 518 g/mol. The van der Waals surface area contributed by atoms with Crippen LogP contribution in [-0.2, 0) is 15.0 Å². The summed E-state index contributed by atoms with van der Waals surface area (Å²) in [6.07, 6.45) is -3.68. The topological polar surface area (TPSA) is 120 Å². The summed E-state index contributed by atoms with van der Waals surface area (Å²) in [5.74, 6) is -3.79.